The van der Waals surface area contributed by atoms with Crippen LogP contribution >= 0.6 is 0 Å². The molecule has 5 rings (SSSR count). The highest BCUT2D eigenvalue weighted by Gasteiger charge is 2.49. The molecule has 2 saturated heterocycles. The quantitative estimate of drug-likeness (QED) is 0.642. The minimum atomic E-state index is -3.03. The Morgan fingerprint density at radius 2 is 1.56 bits per heavy atom. The maximum atomic E-state index is 13.1. The molecule has 0 aromatic heterocycles. The highest BCUT2D eigenvalue weighted by Crippen LogP contribution is 2.45. The zero-order valence-corrected chi connectivity index (χ0v) is 20.4. The number of hydrogen-bond acceptors (Lipinski definition) is 4. The molecule has 3 unspecified atom stereocenters. The van der Waals surface area contributed by atoms with E-state index in [4.69, 9.17) is 0 Å². The maximum Gasteiger partial charge on any atom is 0.226 e. The van der Waals surface area contributed by atoms with Crippen LogP contribution in [0.3, 0.4) is 0 Å². The molecule has 180 valence electrons. The summed E-state index contributed by atoms with van der Waals surface area (Å²) in [6, 6.07) is 0.581. The van der Waals surface area contributed by atoms with Gasteiger partial charge < -0.3 is 9.80 Å². The number of carbonyl (C=O) groups excluding carboxylic acids is 2. The first-order chi connectivity index (χ1) is 15.3. The predicted octanol–water partition coefficient (Wildman–Crippen LogP) is 2.61. The van der Waals surface area contributed by atoms with Gasteiger partial charge in [-0.25, -0.2) is 8.42 Å². The van der Waals surface area contributed by atoms with Gasteiger partial charge in [0.1, 0.15) is 0 Å². The Labute approximate surface area is 192 Å². The van der Waals surface area contributed by atoms with Crippen LogP contribution < -0.4 is 0 Å². The topological polar surface area (TPSA) is 78.0 Å². The second-order valence-electron chi connectivity index (χ2n) is 11.1. The first-order valence-electron chi connectivity index (χ1n) is 12.8. The van der Waals surface area contributed by atoms with Crippen molar-refractivity contribution in [3.63, 3.8) is 0 Å². The van der Waals surface area contributed by atoms with Crippen molar-refractivity contribution in [2.24, 2.45) is 17.8 Å². The van der Waals surface area contributed by atoms with Gasteiger partial charge in [0.2, 0.25) is 21.8 Å². The number of carbonyl (C=O) groups is 2. The first kappa shape index (κ1) is 22.6. The lowest BCUT2D eigenvalue weighted by atomic mass is 9.68. The fraction of sp³-hybridized carbons (Fsp3) is 0.917. The van der Waals surface area contributed by atoms with Crippen LogP contribution in [0.4, 0.5) is 0 Å². The Balaban J connectivity index is 1.26. The molecule has 7 nitrogen and oxygen atoms in total. The molecule has 4 atom stereocenters. The second-order valence-corrected chi connectivity index (χ2v) is 13.1. The van der Waals surface area contributed by atoms with E-state index in [1.54, 1.807) is 11.2 Å². The van der Waals surface area contributed by atoms with E-state index in [9.17, 15) is 18.0 Å². The van der Waals surface area contributed by atoms with E-state index >= 15 is 0 Å². The SMILES string of the molecule is CC(=O)N1C2CCC(C3CCC(N4CCCS4(=O)=O)CC3)CC2N(C(=O)C2CC2)C[C@@H]1C. The van der Waals surface area contributed by atoms with Crippen LogP contribution in [0.25, 0.3) is 0 Å². The Hall–Kier alpha value is -1.15. The van der Waals surface area contributed by atoms with Crippen LogP contribution in [-0.2, 0) is 19.6 Å². The minimum Gasteiger partial charge on any atom is -0.335 e. The van der Waals surface area contributed by atoms with Gasteiger partial charge in [-0.15, -0.1) is 0 Å². The Morgan fingerprint density at radius 3 is 2.16 bits per heavy atom. The van der Waals surface area contributed by atoms with Crippen molar-refractivity contribution in [3.05, 3.63) is 0 Å². The molecule has 5 aliphatic rings. The van der Waals surface area contributed by atoms with Crippen molar-refractivity contribution >= 4 is 21.8 Å². The van der Waals surface area contributed by atoms with Crippen LogP contribution in [0.1, 0.15) is 78.1 Å². The molecule has 0 spiro atoms. The second kappa shape index (κ2) is 8.57. The molecule has 0 aromatic carbocycles. The van der Waals surface area contributed by atoms with Gasteiger partial charge in [-0.05, 0) is 83.0 Å². The molecule has 0 aromatic rings. The summed E-state index contributed by atoms with van der Waals surface area (Å²) in [5, 5.41) is 0. The van der Waals surface area contributed by atoms with Crippen molar-refractivity contribution in [2.75, 3.05) is 18.8 Å². The Morgan fingerprint density at radius 1 is 0.875 bits per heavy atom. The third kappa shape index (κ3) is 4.10. The Kier molecular flexibility index (Phi) is 6.06. The summed E-state index contributed by atoms with van der Waals surface area (Å²) in [5.41, 5.74) is 0. The number of hydrogen-bond donors (Lipinski definition) is 0. The van der Waals surface area contributed by atoms with Crippen molar-refractivity contribution in [3.8, 4) is 0 Å². The molecule has 3 saturated carbocycles. The van der Waals surface area contributed by atoms with E-state index in [-0.39, 0.29) is 36.0 Å². The fourth-order valence-corrected chi connectivity index (χ4v) is 9.18. The first-order valence-corrected chi connectivity index (χ1v) is 14.5. The van der Waals surface area contributed by atoms with Gasteiger partial charge in [-0.2, -0.15) is 4.31 Å². The highest BCUT2D eigenvalue weighted by atomic mass is 32.2. The highest BCUT2D eigenvalue weighted by molar-refractivity contribution is 7.89. The summed E-state index contributed by atoms with van der Waals surface area (Å²) in [6.45, 7) is 5.13. The van der Waals surface area contributed by atoms with Crippen molar-refractivity contribution in [1.82, 2.24) is 14.1 Å². The minimum absolute atomic E-state index is 0.0887. The average molecular weight is 466 g/mol. The van der Waals surface area contributed by atoms with Crippen molar-refractivity contribution in [2.45, 2.75) is 102 Å². The molecule has 3 aliphatic carbocycles. The zero-order valence-electron chi connectivity index (χ0n) is 19.6. The van der Waals surface area contributed by atoms with Crippen LogP contribution in [0, 0.1) is 17.8 Å². The van der Waals surface area contributed by atoms with Gasteiger partial charge in [0, 0.05) is 38.0 Å². The molecule has 32 heavy (non-hydrogen) atoms. The van der Waals surface area contributed by atoms with Crippen molar-refractivity contribution < 1.29 is 18.0 Å². The number of sulfonamides is 1. The van der Waals surface area contributed by atoms with E-state index in [2.05, 4.69) is 16.7 Å². The molecular formula is C24H39N3O4S. The molecule has 0 radical (unpaired) electrons. The molecule has 0 N–H and O–H groups in total. The molecule has 2 amide bonds. The van der Waals surface area contributed by atoms with Crippen LogP contribution in [0.15, 0.2) is 0 Å². The monoisotopic (exact) mass is 465 g/mol. The summed E-state index contributed by atoms with van der Waals surface area (Å²) >= 11 is 0. The lowest BCUT2D eigenvalue weighted by Crippen LogP contribution is -2.67. The van der Waals surface area contributed by atoms with Gasteiger partial charge in [0.25, 0.3) is 0 Å². The molecule has 5 fully saturated rings. The summed E-state index contributed by atoms with van der Waals surface area (Å²) in [6.07, 6.45) is 10.0. The molecule has 0 bridgehead atoms. The number of nitrogens with zero attached hydrogens (tertiary/aromatic N) is 3. The van der Waals surface area contributed by atoms with E-state index < -0.39 is 10.0 Å². The maximum absolute atomic E-state index is 13.1. The summed E-state index contributed by atoms with van der Waals surface area (Å²) < 4.78 is 26.4. The van der Waals surface area contributed by atoms with E-state index in [1.165, 1.54) is 0 Å². The largest absolute Gasteiger partial charge is 0.335 e. The van der Waals surface area contributed by atoms with E-state index in [1.807, 2.05) is 0 Å². The van der Waals surface area contributed by atoms with Gasteiger partial charge in [-0.1, -0.05) is 0 Å². The molecular weight excluding hydrogens is 426 g/mol. The van der Waals surface area contributed by atoms with Crippen molar-refractivity contribution in [1.29, 1.82) is 0 Å². The summed E-state index contributed by atoms with van der Waals surface area (Å²) in [7, 11) is -3.03. The van der Waals surface area contributed by atoms with E-state index in [0.717, 1.165) is 64.2 Å². The normalized spacial score (nSPS) is 40.2. The number of fused-ring (bicyclic) bond motifs is 1. The number of amides is 2. The zero-order chi connectivity index (χ0) is 22.6. The molecule has 8 heteroatoms. The van der Waals surface area contributed by atoms with Crippen LogP contribution in [0.5, 0.6) is 0 Å². The number of rotatable bonds is 3. The van der Waals surface area contributed by atoms with Gasteiger partial charge in [0.05, 0.1) is 17.8 Å². The van der Waals surface area contributed by atoms with Gasteiger partial charge in [-0.3, -0.25) is 9.59 Å². The average Bonchev–Trinajstić information content (AvgIpc) is 3.55. The van der Waals surface area contributed by atoms with E-state index in [0.29, 0.717) is 36.6 Å². The van der Waals surface area contributed by atoms with Gasteiger partial charge in [0.15, 0.2) is 0 Å². The number of piperazine rings is 1. The van der Waals surface area contributed by atoms with Gasteiger partial charge >= 0.3 is 0 Å². The summed E-state index contributed by atoms with van der Waals surface area (Å²) in [4.78, 5) is 29.8. The predicted molar refractivity (Wildman–Crippen MR) is 122 cm³/mol. The lowest BCUT2D eigenvalue weighted by molar-refractivity contribution is -0.155. The van der Waals surface area contributed by atoms with Crippen LogP contribution in [0.2, 0.25) is 0 Å². The Bertz CT molecular complexity index is 849. The molecule has 2 heterocycles. The summed E-state index contributed by atoms with van der Waals surface area (Å²) in [5.74, 6) is 2.17. The molecule has 2 aliphatic heterocycles. The standard InChI is InChI=1S/C24H39N3O4S/c1-16-15-25(24(29)19-4-5-19)23-14-20(8-11-22(23)27(16)17(2)28)18-6-9-21(10-7-18)26-12-3-13-32(26,30)31/h16,18-23H,3-15H2,1-2H3/t16-,18?,20?,21?,22?,23?/m0/s1. The third-order valence-electron chi connectivity index (χ3n) is 9.04. The van der Waals surface area contributed by atoms with Crippen LogP contribution in [-0.4, -0.2) is 77.3 Å². The fourth-order valence-electron chi connectivity index (χ4n) is 7.38. The lowest BCUT2D eigenvalue weighted by Gasteiger charge is -2.55. The smallest absolute Gasteiger partial charge is 0.226 e. The third-order valence-corrected chi connectivity index (χ3v) is 11.0.